The quantitative estimate of drug-likeness (QED) is 0.604. The van der Waals surface area contributed by atoms with Gasteiger partial charge in [-0.25, -0.2) is 4.98 Å². The molecule has 1 aromatic carbocycles. The number of fused-ring (bicyclic) bond motifs is 1. The van der Waals surface area contributed by atoms with Crippen molar-refractivity contribution in [3.05, 3.63) is 60.4 Å². The molecule has 4 rings (SSSR count). The summed E-state index contributed by atoms with van der Waals surface area (Å²) >= 11 is 4.40. The third kappa shape index (κ3) is 3.33. The fourth-order valence-corrected chi connectivity index (χ4v) is 5.75. The number of rotatable bonds is 3. The van der Waals surface area contributed by atoms with Crippen molar-refractivity contribution in [1.29, 1.82) is 0 Å². The van der Waals surface area contributed by atoms with Gasteiger partial charge in [-0.15, -0.1) is 22.7 Å². The molecule has 0 bridgehead atoms. The number of para-hydroxylation sites is 1. The molecule has 6 nitrogen and oxygen atoms in total. The van der Waals surface area contributed by atoms with Crippen LogP contribution < -0.4 is 19.7 Å². The summed E-state index contributed by atoms with van der Waals surface area (Å²) in [6, 6.07) is 8.02. The van der Waals surface area contributed by atoms with E-state index in [1.807, 2.05) is 47.7 Å². The molecule has 0 saturated heterocycles. The number of benzene rings is 1. The van der Waals surface area contributed by atoms with Crippen molar-refractivity contribution in [2.24, 2.45) is 0 Å². The number of anilines is 1. The maximum atomic E-state index is 13.1. The Labute approximate surface area is 167 Å². The molecule has 1 aliphatic rings. The summed E-state index contributed by atoms with van der Waals surface area (Å²) in [5.41, 5.74) is 0.866. The summed E-state index contributed by atoms with van der Waals surface area (Å²) < 4.78 is 7.49. The van der Waals surface area contributed by atoms with Crippen LogP contribution in [0.2, 0.25) is 0 Å². The standard InChI is InChI=1S/C18H15N3O3S3/c1-20-11-5-3-4-6-12(11)26-18(20)16-17(23)21(10-15(22)24-2)14(27-16)9-13-19-7-8-25-13/h3-9H,10H2,1-2H3. The van der Waals surface area contributed by atoms with Gasteiger partial charge in [0.25, 0.3) is 5.56 Å². The number of ether oxygens (including phenoxy) is 1. The minimum atomic E-state index is -0.462. The second-order valence-electron chi connectivity index (χ2n) is 5.69. The molecule has 9 heteroatoms. The third-order valence-electron chi connectivity index (χ3n) is 4.06. The topological polar surface area (TPSA) is 64.4 Å². The highest BCUT2D eigenvalue weighted by Gasteiger charge is 2.24. The van der Waals surface area contributed by atoms with E-state index in [0.717, 1.165) is 20.6 Å². The van der Waals surface area contributed by atoms with Crippen molar-refractivity contribution in [2.45, 2.75) is 11.4 Å². The van der Waals surface area contributed by atoms with Gasteiger partial charge in [0.05, 0.1) is 12.8 Å². The summed E-state index contributed by atoms with van der Waals surface area (Å²) in [7, 11) is 3.26. The first-order chi connectivity index (χ1) is 13.1. The number of hydrogen-bond donors (Lipinski definition) is 0. The summed E-state index contributed by atoms with van der Waals surface area (Å²) in [5.74, 6) is -0.462. The molecule has 0 saturated carbocycles. The van der Waals surface area contributed by atoms with Gasteiger partial charge < -0.3 is 9.64 Å². The maximum Gasteiger partial charge on any atom is 0.325 e. The molecule has 0 unspecified atom stereocenters. The minimum Gasteiger partial charge on any atom is -0.468 e. The average Bonchev–Trinajstić information content (AvgIpc) is 3.37. The lowest BCUT2D eigenvalue weighted by Crippen LogP contribution is -2.36. The van der Waals surface area contributed by atoms with Crippen molar-refractivity contribution in [1.82, 2.24) is 9.55 Å². The highest BCUT2D eigenvalue weighted by Crippen LogP contribution is 2.44. The number of thiazole rings is 2. The first-order valence-corrected chi connectivity index (χ1v) is 10.5. The van der Waals surface area contributed by atoms with Gasteiger partial charge in [-0.1, -0.05) is 23.9 Å². The second kappa shape index (κ2) is 7.34. The van der Waals surface area contributed by atoms with E-state index < -0.39 is 5.97 Å². The van der Waals surface area contributed by atoms with Crippen molar-refractivity contribution in [2.75, 3.05) is 19.1 Å². The Bertz CT molecular complexity index is 1180. The molecule has 0 atom stereocenters. The number of carbonyl (C=O) groups excluding carboxylic acids is 1. The summed E-state index contributed by atoms with van der Waals surface area (Å²) in [5, 5.41) is 3.51. The van der Waals surface area contributed by atoms with E-state index in [1.165, 1.54) is 34.4 Å². The Balaban J connectivity index is 1.93. The highest BCUT2D eigenvalue weighted by molar-refractivity contribution is 8.08. The zero-order valence-electron chi connectivity index (χ0n) is 14.5. The van der Waals surface area contributed by atoms with E-state index in [1.54, 1.807) is 18.0 Å². The van der Waals surface area contributed by atoms with Gasteiger partial charge in [0.2, 0.25) is 0 Å². The number of nitrogens with zero attached hydrogens (tertiary/aromatic N) is 3. The Kier molecular flexibility index (Phi) is 4.90. The zero-order chi connectivity index (χ0) is 19.0. The fraction of sp³-hybridized carbons (Fsp3) is 0.167. The summed E-state index contributed by atoms with van der Waals surface area (Å²) in [6.45, 7) is -0.127. The van der Waals surface area contributed by atoms with Crippen molar-refractivity contribution in [3.63, 3.8) is 0 Å². The number of hydrogen-bond acceptors (Lipinski definition) is 8. The fourth-order valence-electron chi connectivity index (χ4n) is 2.72. The van der Waals surface area contributed by atoms with Gasteiger partial charge in [0, 0.05) is 29.6 Å². The van der Waals surface area contributed by atoms with Crippen LogP contribution >= 0.6 is 34.4 Å². The molecule has 138 valence electrons. The predicted octanol–water partition coefficient (Wildman–Crippen LogP) is 1.68. The second-order valence-corrected chi connectivity index (χ2v) is 8.67. The monoisotopic (exact) mass is 417 g/mol. The number of methoxy groups -OCH3 is 1. The van der Waals surface area contributed by atoms with Gasteiger partial charge in [0.1, 0.15) is 25.8 Å². The lowest BCUT2D eigenvalue weighted by atomic mass is 10.3. The number of carbonyl (C=O) groups is 1. The molecule has 0 radical (unpaired) electrons. The first-order valence-electron chi connectivity index (χ1n) is 8.01. The van der Waals surface area contributed by atoms with E-state index in [4.69, 9.17) is 4.74 Å². The molecule has 3 heterocycles. The molecule has 27 heavy (non-hydrogen) atoms. The largest absolute Gasteiger partial charge is 0.468 e. The molecule has 0 spiro atoms. The molecule has 1 aliphatic heterocycles. The normalized spacial score (nSPS) is 15.9. The molecule has 0 aliphatic carbocycles. The lowest BCUT2D eigenvalue weighted by molar-refractivity contribution is -0.141. The van der Waals surface area contributed by atoms with Crippen molar-refractivity contribution >= 4 is 57.2 Å². The Morgan fingerprint density at radius 1 is 1.33 bits per heavy atom. The van der Waals surface area contributed by atoms with Crippen molar-refractivity contribution < 1.29 is 9.53 Å². The van der Waals surface area contributed by atoms with E-state index in [-0.39, 0.29) is 12.1 Å². The molecule has 2 aromatic heterocycles. The van der Waals surface area contributed by atoms with Crippen LogP contribution in [0.5, 0.6) is 0 Å². The van der Waals surface area contributed by atoms with Crippen LogP contribution in [0.3, 0.4) is 0 Å². The molecule has 3 aromatic rings. The Morgan fingerprint density at radius 3 is 2.85 bits per heavy atom. The molecular formula is C18H15N3O3S3. The van der Waals surface area contributed by atoms with Gasteiger partial charge in [-0.05, 0) is 12.1 Å². The van der Waals surface area contributed by atoms with Crippen LogP contribution in [0, 0.1) is 0 Å². The van der Waals surface area contributed by atoms with Crippen LogP contribution in [0.15, 0.2) is 45.5 Å². The average molecular weight is 418 g/mol. The van der Waals surface area contributed by atoms with E-state index in [9.17, 15) is 9.59 Å². The first kappa shape index (κ1) is 18.0. The van der Waals surface area contributed by atoms with Gasteiger partial charge in [0.15, 0.2) is 0 Å². The Morgan fingerprint density at radius 2 is 2.15 bits per heavy atom. The summed E-state index contributed by atoms with van der Waals surface area (Å²) in [4.78, 5) is 32.3. The van der Waals surface area contributed by atoms with Crippen LogP contribution in [-0.4, -0.2) is 29.7 Å². The SMILES string of the molecule is COC(=O)Cn1c(=Cc2nccs2)sc(=C2Sc3ccccc3N2C)c1=O. The smallest absolute Gasteiger partial charge is 0.325 e. The zero-order valence-corrected chi connectivity index (χ0v) is 17.0. The van der Waals surface area contributed by atoms with Crippen LogP contribution in [-0.2, 0) is 16.1 Å². The molecular weight excluding hydrogens is 402 g/mol. The molecule has 0 fully saturated rings. The van der Waals surface area contributed by atoms with E-state index in [2.05, 4.69) is 4.98 Å². The number of aromatic nitrogens is 2. The highest BCUT2D eigenvalue weighted by atomic mass is 32.2. The maximum absolute atomic E-state index is 13.1. The van der Waals surface area contributed by atoms with Crippen LogP contribution in [0.1, 0.15) is 5.01 Å². The lowest BCUT2D eigenvalue weighted by Gasteiger charge is -2.11. The van der Waals surface area contributed by atoms with Crippen LogP contribution in [0.25, 0.3) is 11.1 Å². The van der Waals surface area contributed by atoms with E-state index >= 15 is 0 Å². The third-order valence-corrected chi connectivity index (χ3v) is 7.27. The predicted molar refractivity (Wildman–Crippen MR) is 110 cm³/mol. The van der Waals surface area contributed by atoms with Crippen LogP contribution in [0.4, 0.5) is 5.69 Å². The van der Waals surface area contributed by atoms with Gasteiger partial charge in [-0.2, -0.15) is 0 Å². The Hall–Kier alpha value is -2.36. The van der Waals surface area contributed by atoms with Gasteiger partial charge in [-0.3, -0.25) is 14.2 Å². The van der Waals surface area contributed by atoms with Crippen molar-refractivity contribution in [3.8, 4) is 0 Å². The van der Waals surface area contributed by atoms with Gasteiger partial charge >= 0.3 is 5.97 Å². The molecule has 0 N–H and O–H groups in total. The number of esters is 1. The van der Waals surface area contributed by atoms with E-state index in [0.29, 0.717) is 9.20 Å². The molecule has 0 amide bonds. The minimum absolute atomic E-state index is 0.127. The summed E-state index contributed by atoms with van der Waals surface area (Å²) in [6.07, 6.45) is 3.54. The number of thioether (sulfide) groups is 1.